The van der Waals surface area contributed by atoms with Crippen LogP contribution in [0, 0.1) is 23.5 Å². The van der Waals surface area contributed by atoms with E-state index in [0.717, 1.165) is 25.0 Å². The number of piperazine rings is 1. The number of anilines is 1. The van der Waals surface area contributed by atoms with Crippen LogP contribution in [0.3, 0.4) is 0 Å². The van der Waals surface area contributed by atoms with E-state index in [-0.39, 0.29) is 24.2 Å². The van der Waals surface area contributed by atoms with Crippen LogP contribution in [-0.4, -0.2) is 54.5 Å². The van der Waals surface area contributed by atoms with Crippen LogP contribution in [0.15, 0.2) is 18.2 Å². The van der Waals surface area contributed by atoms with Gasteiger partial charge in [-0.1, -0.05) is 20.8 Å². The molecule has 9 heteroatoms. The molecular formula is C22H30F2N4O3. The lowest BCUT2D eigenvalue weighted by Crippen LogP contribution is -2.54. The molecule has 1 aromatic carbocycles. The summed E-state index contributed by atoms with van der Waals surface area (Å²) in [6.07, 6.45) is 2.00. The first kappa shape index (κ1) is 23.0. The number of hydrogen-bond donors (Lipinski definition) is 2. The van der Waals surface area contributed by atoms with Crippen molar-refractivity contribution in [1.29, 1.82) is 0 Å². The molecule has 2 atom stereocenters. The van der Waals surface area contributed by atoms with Gasteiger partial charge < -0.3 is 15.1 Å². The molecule has 31 heavy (non-hydrogen) atoms. The van der Waals surface area contributed by atoms with Crippen LogP contribution in [-0.2, 0) is 9.59 Å². The fourth-order valence-corrected chi connectivity index (χ4v) is 4.43. The summed E-state index contributed by atoms with van der Waals surface area (Å²) < 4.78 is 26.6. The Labute approximate surface area is 181 Å². The Morgan fingerprint density at radius 2 is 1.77 bits per heavy atom. The standard InChI is InChI=1S/C20H24F2N4O3.C2H6/c1-12(11-20(13-2-3-13)18(28)23-19(29)24-20)17(27)26-8-6-25(7-9-26)14-4-5-15(21)16(22)10-14;1-2/h4-5,10,12-13H,2-3,6-9,11H2,1H3,(H2,23,24,28,29);1-2H3. The van der Waals surface area contributed by atoms with Crippen LogP contribution < -0.4 is 15.5 Å². The van der Waals surface area contributed by atoms with E-state index in [2.05, 4.69) is 10.6 Å². The van der Waals surface area contributed by atoms with E-state index in [1.54, 1.807) is 11.8 Å². The third kappa shape index (κ3) is 4.65. The van der Waals surface area contributed by atoms with Crippen LogP contribution >= 0.6 is 0 Å². The van der Waals surface area contributed by atoms with E-state index >= 15 is 0 Å². The van der Waals surface area contributed by atoms with Crippen molar-refractivity contribution in [2.45, 2.75) is 45.6 Å². The molecule has 2 N–H and O–H groups in total. The van der Waals surface area contributed by atoms with Gasteiger partial charge in [-0.3, -0.25) is 14.9 Å². The molecule has 7 nitrogen and oxygen atoms in total. The van der Waals surface area contributed by atoms with Crippen LogP contribution in [0.2, 0.25) is 0 Å². The summed E-state index contributed by atoms with van der Waals surface area (Å²) in [5.41, 5.74) is -0.401. The van der Waals surface area contributed by atoms with Crippen molar-refractivity contribution in [3.63, 3.8) is 0 Å². The first-order valence-corrected chi connectivity index (χ1v) is 10.9. The van der Waals surface area contributed by atoms with E-state index < -0.39 is 29.1 Å². The molecule has 0 radical (unpaired) electrons. The Bertz CT molecular complexity index is 853. The number of halogens is 2. The summed E-state index contributed by atoms with van der Waals surface area (Å²) in [5, 5.41) is 5.07. The molecule has 1 saturated carbocycles. The van der Waals surface area contributed by atoms with Crippen molar-refractivity contribution in [3.8, 4) is 0 Å². The third-order valence-corrected chi connectivity index (χ3v) is 6.15. The molecule has 2 aliphatic heterocycles. The normalized spacial score (nSPS) is 24.2. The van der Waals surface area contributed by atoms with Crippen LogP contribution in [0.25, 0.3) is 0 Å². The van der Waals surface area contributed by atoms with Crippen molar-refractivity contribution in [2.75, 3.05) is 31.1 Å². The summed E-state index contributed by atoms with van der Waals surface area (Å²) >= 11 is 0. The molecule has 170 valence electrons. The minimum absolute atomic E-state index is 0.0658. The first-order chi connectivity index (χ1) is 14.8. The van der Waals surface area contributed by atoms with E-state index in [0.29, 0.717) is 31.9 Å². The smallest absolute Gasteiger partial charge is 0.322 e. The van der Waals surface area contributed by atoms with E-state index in [9.17, 15) is 23.2 Å². The Morgan fingerprint density at radius 1 is 1.13 bits per heavy atom. The second-order valence-corrected chi connectivity index (χ2v) is 8.17. The van der Waals surface area contributed by atoms with Gasteiger partial charge in [-0.25, -0.2) is 13.6 Å². The molecule has 0 bridgehead atoms. The van der Waals surface area contributed by atoms with Crippen LogP contribution in [0.1, 0.15) is 40.0 Å². The molecule has 2 unspecified atom stereocenters. The summed E-state index contributed by atoms with van der Waals surface area (Å²) in [6, 6.07) is 3.29. The lowest BCUT2D eigenvalue weighted by atomic mass is 9.83. The Kier molecular flexibility index (Phi) is 6.81. The number of nitrogens with zero attached hydrogens (tertiary/aromatic N) is 2. The number of urea groups is 1. The minimum atomic E-state index is -0.986. The number of imide groups is 1. The van der Waals surface area contributed by atoms with Crippen LogP contribution in [0.5, 0.6) is 0 Å². The monoisotopic (exact) mass is 436 g/mol. The predicted octanol–water partition coefficient (Wildman–Crippen LogP) is 2.65. The lowest BCUT2D eigenvalue weighted by molar-refractivity contribution is -0.137. The van der Waals surface area contributed by atoms with E-state index in [1.165, 1.54) is 6.07 Å². The number of hydrogen-bond acceptors (Lipinski definition) is 4. The quantitative estimate of drug-likeness (QED) is 0.696. The van der Waals surface area contributed by atoms with Crippen LogP contribution in [0.4, 0.5) is 19.3 Å². The highest BCUT2D eigenvalue weighted by molar-refractivity contribution is 6.07. The second-order valence-electron chi connectivity index (χ2n) is 8.17. The van der Waals surface area contributed by atoms with Crippen molar-refractivity contribution >= 4 is 23.5 Å². The summed E-state index contributed by atoms with van der Waals surface area (Å²) in [6.45, 7) is 7.71. The fraction of sp³-hybridized carbons (Fsp3) is 0.591. The van der Waals surface area contributed by atoms with E-state index in [4.69, 9.17) is 0 Å². The zero-order chi connectivity index (χ0) is 22.8. The van der Waals surface area contributed by atoms with Crippen molar-refractivity contribution in [1.82, 2.24) is 15.5 Å². The minimum Gasteiger partial charge on any atom is -0.368 e. The summed E-state index contributed by atoms with van der Waals surface area (Å²) in [7, 11) is 0. The van der Waals surface area contributed by atoms with Gasteiger partial charge in [-0.2, -0.15) is 0 Å². The fourth-order valence-electron chi connectivity index (χ4n) is 4.43. The molecular weight excluding hydrogens is 406 g/mol. The van der Waals surface area contributed by atoms with E-state index in [1.807, 2.05) is 18.7 Å². The summed E-state index contributed by atoms with van der Waals surface area (Å²) in [5.74, 6) is -2.53. The third-order valence-electron chi connectivity index (χ3n) is 6.15. The van der Waals surface area contributed by atoms with Gasteiger partial charge in [0, 0.05) is 43.9 Å². The Hall–Kier alpha value is -2.71. The predicted molar refractivity (Wildman–Crippen MR) is 112 cm³/mol. The maximum Gasteiger partial charge on any atom is 0.322 e. The maximum absolute atomic E-state index is 13.5. The van der Waals surface area contributed by atoms with Gasteiger partial charge in [-0.05, 0) is 37.3 Å². The topological polar surface area (TPSA) is 81.8 Å². The molecule has 2 saturated heterocycles. The highest BCUT2D eigenvalue weighted by atomic mass is 19.2. The van der Waals surface area contributed by atoms with Crippen molar-refractivity contribution < 1.29 is 23.2 Å². The lowest BCUT2D eigenvalue weighted by Gasteiger charge is -2.38. The molecule has 0 aromatic heterocycles. The Balaban J connectivity index is 0.00000132. The zero-order valence-electron chi connectivity index (χ0n) is 18.2. The average molecular weight is 437 g/mol. The number of carbonyl (C=O) groups excluding carboxylic acids is 3. The molecule has 2 heterocycles. The SMILES string of the molecule is CC.CC(CC1(C2CC2)NC(=O)NC1=O)C(=O)N1CCN(c2ccc(F)c(F)c2)CC1. The van der Waals surface area contributed by atoms with Crippen molar-refractivity contribution in [2.24, 2.45) is 11.8 Å². The van der Waals surface area contributed by atoms with Gasteiger partial charge in [0.2, 0.25) is 5.91 Å². The molecule has 3 aliphatic rings. The molecule has 0 spiro atoms. The number of rotatable bonds is 5. The highest BCUT2D eigenvalue weighted by Gasteiger charge is 2.56. The first-order valence-electron chi connectivity index (χ1n) is 10.9. The Morgan fingerprint density at radius 3 is 2.29 bits per heavy atom. The number of nitrogens with one attached hydrogen (secondary N) is 2. The average Bonchev–Trinajstić information content (AvgIpc) is 3.58. The number of amides is 4. The molecule has 3 fully saturated rings. The van der Waals surface area contributed by atoms with Gasteiger partial charge in [0.15, 0.2) is 11.6 Å². The highest BCUT2D eigenvalue weighted by Crippen LogP contribution is 2.44. The van der Waals surface area contributed by atoms with Crippen molar-refractivity contribution in [3.05, 3.63) is 29.8 Å². The number of benzene rings is 1. The molecule has 4 amide bonds. The van der Waals surface area contributed by atoms with Gasteiger partial charge >= 0.3 is 6.03 Å². The largest absolute Gasteiger partial charge is 0.368 e. The second kappa shape index (κ2) is 9.20. The molecule has 4 rings (SSSR count). The number of carbonyl (C=O) groups is 3. The van der Waals surface area contributed by atoms with Gasteiger partial charge in [-0.15, -0.1) is 0 Å². The van der Waals surface area contributed by atoms with Gasteiger partial charge in [0.05, 0.1) is 0 Å². The molecule has 1 aromatic rings. The molecule has 1 aliphatic carbocycles. The summed E-state index contributed by atoms with van der Waals surface area (Å²) in [4.78, 5) is 40.7. The van der Waals surface area contributed by atoms with Gasteiger partial charge in [0.25, 0.3) is 5.91 Å². The maximum atomic E-state index is 13.5. The van der Waals surface area contributed by atoms with Gasteiger partial charge in [0.1, 0.15) is 5.54 Å². The zero-order valence-corrected chi connectivity index (χ0v) is 18.2.